The van der Waals surface area contributed by atoms with Crippen LogP contribution in [0.15, 0.2) is 53.4 Å². The third-order valence-electron chi connectivity index (χ3n) is 4.74. The van der Waals surface area contributed by atoms with E-state index in [0.29, 0.717) is 30.5 Å². The quantitative estimate of drug-likeness (QED) is 0.579. The summed E-state index contributed by atoms with van der Waals surface area (Å²) in [6, 6.07) is 12.7. The Labute approximate surface area is 159 Å². The van der Waals surface area contributed by atoms with Crippen LogP contribution in [-0.2, 0) is 10.0 Å². The molecule has 1 fully saturated rings. The van der Waals surface area contributed by atoms with E-state index in [1.54, 1.807) is 24.3 Å². The minimum Gasteiger partial charge on any atom is -0.493 e. The highest BCUT2D eigenvalue weighted by molar-refractivity contribution is 7.89. The van der Waals surface area contributed by atoms with Crippen molar-refractivity contribution >= 4 is 16.0 Å². The van der Waals surface area contributed by atoms with Gasteiger partial charge in [0.2, 0.25) is 10.0 Å². The lowest BCUT2D eigenvalue weighted by Crippen LogP contribution is -2.37. The molecule has 6 nitrogen and oxygen atoms in total. The molecule has 0 aliphatic carbocycles. The molecule has 1 heterocycles. The first-order valence-electron chi connectivity index (χ1n) is 8.87. The Morgan fingerprint density at radius 2 is 1.59 bits per heavy atom. The molecule has 144 valence electrons. The average Bonchev–Trinajstić information content (AvgIpc) is 2.69. The van der Waals surface area contributed by atoms with Crippen LogP contribution in [0, 0.1) is 5.92 Å². The van der Waals surface area contributed by atoms with Gasteiger partial charge in [0.1, 0.15) is 0 Å². The van der Waals surface area contributed by atoms with E-state index in [2.05, 4.69) is 6.92 Å². The van der Waals surface area contributed by atoms with Gasteiger partial charge in [-0.3, -0.25) is 0 Å². The molecule has 1 aliphatic rings. The van der Waals surface area contributed by atoms with Gasteiger partial charge in [-0.25, -0.2) is 13.2 Å². The van der Waals surface area contributed by atoms with Crippen LogP contribution in [0.5, 0.6) is 11.5 Å². The van der Waals surface area contributed by atoms with Crippen molar-refractivity contribution in [1.82, 2.24) is 4.31 Å². The Morgan fingerprint density at radius 1 is 1.00 bits per heavy atom. The average molecular weight is 389 g/mol. The standard InChI is InChI=1S/C20H23NO5S/c1-15-11-13-21(14-12-15)27(23,24)17-9-7-16(8-10-17)20(22)26-19-6-4-3-5-18(19)25-2/h3-10,15H,11-14H2,1-2H3. The molecule has 0 unspecified atom stereocenters. The van der Waals surface area contributed by atoms with Crippen LogP contribution in [0.1, 0.15) is 30.1 Å². The summed E-state index contributed by atoms with van der Waals surface area (Å²) >= 11 is 0. The topological polar surface area (TPSA) is 72.9 Å². The molecule has 1 saturated heterocycles. The SMILES string of the molecule is COc1ccccc1OC(=O)c1ccc(S(=O)(=O)N2CCC(C)CC2)cc1. The summed E-state index contributed by atoms with van der Waals surface area (Å²) in [5, 5.41) is 0. The van der Waals surface area contributed by atoms with Crippen LogP contribution >= 0.6 is 0 Å². The van der Waals surface area contributed by atoms with Gasteiger partial charge in [0.25, 0.3) is 0 Å². The monoisotopic (exact) mass is 389 g/mol. The molecule has 0 radical (unpaired) electrons. The van der Waals surface area contributed by atoms with Crippen molar-refractivity contribution in [1.29, 1.82) is 0 Å². The lowest BCUT2D eigenvalue weighted by Gasteiger charge is -2.29. The smallest absolute Gasteiger partial charge is 0.343 e. The molecule has 0 spiro atoms. The molecule has 0 bridgehead atoms. The second-order valence-corrected chi connectivity index (χ2v) is 8.59. The molecule has 2 aromatic rings. The number of sulfonamides is 1. The number of rotatable bonds is 5. The molecule has 0 amide bonds. The Hall–Kier alpha value is -2.38. The van der Waals surface area contributed by atoms with Gasteiger partial charge in [0.15, 0.2) is 11.5 Å². The molecule has 0 aromatic heterocycles. The lowest BCUT2D eigenvalue weighted by atomic mass is 10.0. The van der Waals surface area contributed by atoms with E-state index < -0.39 is 16.0 Å². The number of para-hydroxylation sites is 2. The summed E-state index contributed by atoms with van der Waals surface area (Å²) < 4.78 is 37.5. The normalized spacial score (nSPS) is 16.1. The molecule has 2 aromatic carbocycles. The summed E-state index contributed by atoms with van der Waals surface area (Å²) in [5.41, 5.74) is 0.270. The third kappa shape index (κ3) is 4.31. The summed E-state index contributed by atoms with van der Waals surface area (Å²) in [4.78, 5) is 12.5. The van der Waals surface area contributed by atoms with Crippen LogP contribution < -0.4 is 9.47 Å². The molecule has 3 rings (SSSR count). The number of hydrogen-bond donors (Lipinski definition) is 0. The molecule has 7 heteroatoms. The zero-order valence-corrected chi connectivity index (χ0v) is 16.2. The van der Waals surface area contributed by atoms with Crippen molar-refractivity contribution in [3.8, 4) is 11.5 Å². The lowest BCUT2D eigenvalue weighted by molar-refractivity contribution is 0.0729. The van der Waals surface area contributed by atoms with Crippen LogP contribution in [0.25, 0.3) is 0 Å². The first-order chi connectivity index (χ1) is 12.9. The highest BCUT2D eigenvalue weighted by Gasteiger charge is 2.28. The number of ether oxygens (including phenoxy) is 2. The van der Waals surface area contributed by atoms with E-state index in [1.165, 1.54) is 35.7 Å². The third-order valence-corrected chi connectivity index (χ3v) is 6.65. The van der Waals surface area contributed by atoms with Crippen LogP contribution in [0.4, 0.5) is 0 Å². The fourth-order valence-corrected chi connectivity index (χ4v) is 4.47. The highest BCUT2D eigenvalue weighted by Crippen LogP contribution is 2.27. The van der Waals surface area contributed by atoms with Crippen LogP contribution in [-0.4, -0.2) is 38.9 Å². The molecule has 0 atom stereocenters. The van der Waals surface area contributed by atoms with Gasteiger partial charge >= 0.3 is 5.97 Å². The Kier molecular flexibility index (Phi) is 5.82. The van der Waals surface area contributed by atoms with Gasteiger partial charge in [-0.15, -0.1) is 0 Å². The second-order valence-electron chi connectivity index (χ2n) is 6.65. The van der Waals surface area contributed by atoms with Crippen LogP contribution in [0.2, 0.25) is 0 Å². The van der Waals surface area contributed by atoms with E-state index in [0.717, 1.165) is 12.8 Å². The van der Waals surface area contributed by atoms with Crippen molar-refractivity contribution in [2.45, 2.75) is 24.7 Å². The minimum atomic E-state index is -3.54. The molecule has 1 aliphatic heterocycles. The predicted molar refractivity (Wildman–Crippen MR) is 102 cm³/mol. The van der Waals surface area contributed by atoms with Gasteiger partial charge in [-0.05, 0) is 55.2 Å². The van der Waals surface area contributed by atoms with Gasteiger partial charge < -0.3 is 9.47 Å². The number of benzene rings is 2. The Morgan fingerprint density at radius 3 is 2.19 bits per heavy atom. The Balaban J connectivity index is 1.74. The maximum atomic E-state index is 12.7. The largest absolute Gasteiger partial charge is 0.493 e. The van der Waals surface area contributed by atoms with Gasteiger partial charge in [-0.2, -0.15) is 4.31 Å². The Bertz CT molecular complexity index is 900. The minimum absolute atomic E-state index is 0.186. The zero-order valence-electron chi connectivity index (χ0n) is 15.4. The highest BCUT2D eigenvalue weighted by atomic mass is 32.2. The number of esters is 1. The maximum absolute atomic E-state index is 12.7. The molecular formula is C20H23NO5S. The molecule has 0 N–H and O–H groups in total. The summed E-state index contributed by atoms with van der Waals surface area (Å²) in [7, 11) is -2.04. The van der Waals surface area contributed by atoms with E-state index in [9.17, 15) is 13.2 Å². The predicted octanol–water partition coefficient (Wildman–Crippen LogP) is 3.34. The summed E-state index contributed by atoms with van der Waals surface area (Å²) in [5.74, 6) is 0.729. The number of carbonyl (C=O) groups excluding carboxylic acids is 1. The summed E-state index contributed by atoms with van der Waals surface area (Å²) in [6.45, 7) is 3.19. The maximum Gasteiger partial charge on any atom is 0.343 e. The van der Waals surface area contributed by atoms with Crippen molar-refractivity contribution in [3.05, 3.63) is 54.1 Å². The first-order valence-corrected chi connectivity index (χ1v) is 10.3. The fourth-order valence-electron chi connectivity index (χ4n) is 3.00. The fraction of sp³-hybridized carbons (Fsp3) is 0.350. The van der Waals surface area contributed by atoms with E-state index in [-0.39, 0.29) is 10.5 Å². The number of hydrogen-bond acceptors (Lipinski definition) is 5. The number of methoxy groups -OCH3 is 1. The van der Waals surface area contributed by atoms with Crippen LogP contribution in [0.3, 0.4) is 0 Å². The van der Waals surface area contributed by atoms with Crippen molar-refractivity contribution in [2.24, 2.45) is 5.92 Å². The molecule has 27 heavy (non-hydrogen) atoms. The van der Waals surface area contributed by atoms with E-state index in [1.807, 2.05) is 0 Å². The molecular weight excluding hydrogens is 366 g/mol. The van der Waals surface area contributed by atoms with Crippen molar-refractivity contribution in [3.63, 3.8) is 0 Å². The summed E-state index contributed by atoms with van der Waals surface area (Å²) in [6.07, 6.45) is 1.73. The number of carbonyl (C=O) groups is 1. The van der Waals surface area contributed by atoms with Gasteiger partial charge in [0, 0.05) is 13.1 Å². The number of nitrogens with zero attached hydrogens (tertiary/aromatic N) is 1. The second kappa shape index (κ2) is 8.10. The van der Waals surface area contributed by atoms with Crippen molar-refractivity contribution in [2.75, 3.05) is 20.2 Å². The van der Waals surface area contributed by atoms with Gasteiger partial charge in [0.05, 0.1) is 17.6 Å². The van der Waals surface area contributed by atoms with E-state index in [4.69, 9.17) is 9.47 Å². The van der Waals surface area contributed by atoms with E-state index >= 15 is 0 Å². The molecule has 0 saturated carbocycles. The zero-order chi connectivity index (χ0) is 19.4. The van der Waals surface area contributed by atoms with Crippen molar-refractivity contribution < 1.29 is 22.7 Å². The van der Waals surface area contributed by atoms with Gasteiger partial charge in [-0.1, -0.05) is 19.1 Å². The first kappa shape index (κ1) is 19.4. The number of piperidine rings is 1.